The SMILES string of the molecule is CC(N)C(C)CN1CCCCCC1. The van der Waals surface area contributed by atoms with Crippen LogP contribution in [0.4, 0.5) is 0 Å². The van der Waals surface area contributed by atoms with Crippen molar-refractivity contribution < 1.29 is 0 Å². The lowest BCUT2D eigenvalue weighted by molar-refractivity contribution is 0.233. The van der Waals surface area contributed by atoms with Crippen LogP contribution in [0.1, 0.15) is 39.5 Å². The number of hydrogen-bond acceptors (Lipinski definition) is 2. The van der Waals surface area contributed by atoms with Crippen LogP contribution in [0, 0.1) is 5.92 Å². The maximum atomic E-state index is 5.87. The van der Waals surface area contributed by atoms with Gasteiger partial charge in [-0.15, -0.1) is 0 Å². The Bertz CT molecular complexity index is 126. The zero-order valence-electron chi connectivity index (χ0n) is 9.13. The maximum absolute atomic E-state index is 5.87. The van der Waals surface area contributed by atoms with E-state index in [0.717, 1.165) is 0 Å². The Kier molecular flexibility index (Phi) is 4.74. The van der Waals surface area contributed by atoms with E-state index >= 15 is 0 Å². The van der Waals surface area contributed by atoms with Gasteiger partial charge in [0.2, 0.25) is 0 Å². The summed E-state index contributed by atoms with van der Waals surface area (Å²) in [5.74, 6) is 0.637. The minimum atomic E-state index is 0.336. The van der Waals surface area contributed by atoms with Gasteiger partial charge in [-0.05, 0) is 38.8 Å². The third-order valence-electron chi connectivity index (χ3n) is 3.14. The summed E-state index contributed by atoms with van der Waals surface area (Å²) in [7, 11) is 0. The summed E-state index contributed by atoms with van der Waals surface area (Å²) in [5, 5.41) is 0. The van der Waals surface area contributed by atoms with Crippen molar-refractivity contribution in [2.24, 2.45) is 11.7 Å². The van der Waals surface area contributed by atoms with E-state index in [1.165, 1.54) is 45.3 Å². The molecule has 1 heterocycles. The second-order valence-corrected chi connectivity index (χ2v) is 4.55. The zero-order valence-corrected chi connectivity index (χ0v) is 9.13. The van der Waals surface area contributed by atoms with Gasteiger partial charge in [0, 0.05) is 12.6 Å². The van der Waals surface area contributed by atoms with Gasteiger partial charge in [-0.25, -0.2) is 0 Å². The molecule has 2 nitrogen and oxygen atoms in total. The van der Waals surface area contributed by atoms with Gasteiger partial charge in [0.1, 0.15) is 0 Å². The Hall–Kier alpha value is -0.0800. The van der Waals surface area contributed by atoms with Crippen LogP contribution in [-0.4, -0.2) is 30.6 Å². The number of nitrogens with two attached hydrogens (primary N) is 1. The molecule has 1 aliphatic rings. The lowest BCUT2D eigenvalue weighted by Gasteiger charge is -2.25. The molecule has 0 bridgehead atoms. The molecule has 1 aliphatic heterocycles. The van der Waals surface area contributed by atoms with Crippen molar-refractivity contribution in [3.8, 4) is 0 Å². The first-order chi connectivity index (χ1) is 6.20. The maximum Gasteiger partial charge on any atom is 0.00483 e. The summed E-state index contributed by atoms with van der Waals surface area (Å²) in [6.07, 6.45) is 5.60. The van der Waals surface area contributed by atoms with Gasteiger partial charge in [-0.1, -0.05) is 19.8 Å². The second-order valence-electron chi connectivity index (χ2n) is 4.55. The van der Waals surface area contributed by atoms with Crippen LogP contribution in [0.25, 0.3) is 0 Å². The van der Waals surface area contributed by atoms with E-state index in [2.05, 4.69) is 18.7 Å². The normalized spacial score (nSPS) is 25.2. The Morgan fingerprint density at radius 2 is 1.62 bits per heavy atom. The molecule has 0 saturated carbocycles. The molecule has 0 amide bonds. The van der Waals surface area contributed by atoms with E-state index in [-0.39, 0.29) is 0 Å². The van der Waals surface area contributed by atoms with Crippen LogP contribution < -0.4 is 5.73 Å². The van der Waals surface area contributed by atoms with Gasteiger partial charge >= 0.3 is 0 Å². The number of likely N-dealkylation sites (tertiary alicyclic amines) is 1. The summed E-state index contributed by atoms with van der Waals surface area (Å²) in [6, 6.07) is 0.336. The fourth-order valence-corrected chi connectivity index (χ4v) is 1.89. The molecule has 0 aromatic heterocycles. The van der Waals surface area contributed by atoms with Crippen LogP contribution in [0.15, 0.2) is 0 Å². The van der Waals surface area contributed by atoms with Crippen molar-refractivity contribution in [2.75, 3.05) is 19.6 Å². The van der Waals surface area contributed by atoms with Gasteiger partial charge in [-0.2, -0.15) is 0 Å². The standard InChI is InChI=1S/C11H24N2/c1-10(11(2)12)9-13-7-5-3-4-6-8-13/h10-11H,3-9,12H2,1-2H3. The lowest BCUT2D eigenvalue weighted by atomic mass is 10.0. The summed E-state index contributed by atoms with van der Waals surface area (Å²) < 4.78 is 0. The van der Waals surface area contributed by atoms with Gasteiger partial charge in [0.15, 0.2) is 0 Å². The van der Waals surface area contributed by atoms with E-state index in [0.29, 0.717) is 12.0 Å². The molecule has 2 atom stereocenters. The summed E-state index contributed by atoms with van der Waals surface area (Å²) in [4.78, 5) is 2.58. The topological polar surface area (TPSA) is 29.3 Å². The minimum Gasteiger partial charge on any atom is -0.328 e. The van der Waals surface area contributed by atoms with Gasteiger partial charge in [0.05, 0.1) is 0 Å². The number of nitrogens with zero attached hydrogens (tertiary/aromatic N) is 1. The number of rotatable bonds is 3. The number of hydrogen-bond donors (Lipinski definition) is 1. The highest BCUT2D eigenvalue weighted by Gasteiger charge is 2.14. The van der Waals surface area contributed by atoms with E-state index in [1.54, 1.807) is 0 Å². The molecule has 2 heteroatoms. The quantitative estimate of drug-likeness (QED) is 0.725. The molecule has 0 spiro atoms. The molecule has 2 N–H and O–H groups in total. The van der Waals surface area contributed by atoms with Crippen LogP contribution in [0.2, 0.25) is 0 Å². The zero-order chi connectivity index (χ0) is 9.68. The second kappa shape index (κ2) is 5.61. The molecule has 0 aromatic carbocycles. The van der Waals surface area contributed by atoms with Crippen LogP contribution in [-0.2, 0) is 0 Å². The van der Waals surface area contributed by atoms with Crippen LogP contribution in [0.5, 0.6) is 0 Å². The molecule has 1 saturated heterocycles. The first kappa shape index (κ1) is 11.0. The fraction of sp³-hybridized carbons (Fsp3) is 1.00. The molecule has 1 rings (SSSR count). The highest BCUT2D eigenvalue weighted by molar-refractivity contribution is 4.71. The van der Waals surface area contributed by atoms with Crippen molar-refractivity contribution in [1.82, 2.24) is 4.90 Å². The van der Waals surface area contributed by atoms with E-state index < -0.39 is 0 Å². The average molecular weight is 184 g/mol. The molecule has 0 radical (unpaired) electrons. The molecular formula is C11H24N2. The minimum absolute atomic E-state index is 0.336. The van der Waals surface area contributed by atoms with Crippen molar-refractivity contribution in [3.05, 3.63) is 0 Å². The molecule has 0 aromatic rings. The fourth-order valence-electron chi connectivity index (χ4n) is 1.89. The molecule has 1 fully saturated rings. The Labute approximate surface area is 82.5 Å². The summed E-state index contributed by atoms with van der Waals surface area (Å²) >= 11 is 0. The predicted molar refractivity (Wildman–Crippen MR) is 57.7 cm³/mol. The van der Waals surface area contributed by atoms with E-state index in [9.17, 15) is 0 Å². The largest absolute Gasteiger partial charge is 0.328 e. The molecule has 13 heavy (non-hydrogen) atoms. The molecular weight excluding hydrogens is 160 g/mol. The smallest absolute Gasteiger partial charge is 0.00483 e. The van der Waals surface area contributed by atoms with E-state index in [1.807, 2.05) is 0 Å². The summed E-state index contributed by atoms with van der Waals surface area (Å²) in [5.41, 5.74) is 5.87. The summed E-state index contributed by atoms with van der Waals surface area (Å²) in [6.45, 7) is 8.14. The lowest BCUT2D eigenvalue weighted by Crippen LogP contribution is -2.36. The first-order valence-electron chi connectivity index (χ1n) is 5.68. The van der Waals surface area contributed by atoms with Crippen LogP contribution in [0.3, 0.4) is 0 Å². The highest BCUT2D eigenvalue weighted by Crippen LogP contribution is 2.12. The predicted octanol–water partition coefficient (Wildman–Crippen LogP) is 1.85. The Morgan fingerprint density at radius 1 is 1.08 bits per heavy atom. The molecule has 78 valence electrons. The van der Waals surface area contributed by atoms with Gasteiger partial charge < -0.3 is 10.6 Å². The third-order valence-corrected chi connectivity index (χ3v) is 3.14. The van der Waals surface area contributed by atoms with Gasteiger partial charge in [-0.3, -0.25) is 0 Å². The Balaban J connectivity index is 2.25. The van der Waals surface area contributed by atoms with Crippen LogP contribution >= 0.6 is 0 Å². The third kappa shape index (κ3) is 4.10. The highest BCUT2D eigenvalue weighted by atomic mass is 15.1. The van der Waals surface area contributed by atoms with Gasteiger partial charge in [0.25, 0.3) is 0 Å². The van der Waals surface area contributed by atoms with Crippen molar-refractivity contribution in [3.63, 3.8) is 0 Å². The average Bonchev–Trinajstić information content (AvgIpc) is 2.32. The first-order valence-corrected chi connectivity index (χ1v) is 5.68. The Morgan fingerprint density at radius 3 is 2.08 bits per heavy atom. The van der Waals surface area contributed by atoms with Crippen molar-refractivity contribution in [1.29, 1.82) is 0 Å². The molecule has 0 aliphatic carbocycles. The molecule has 2 unspecified atom stereocenters. The monoisotopic (exact) mass is 184 g/mol. The van der Waals surface area contributed by atoms with Crippen molar-refractivity contribution in [2.45, 2.75) is 45.6 Å². The van der Waals surface area contributed by atoms with E-state index in [4.69, 9.17) is 5.73 Å². The van der Waals surface area contributed by atoms with Crippen molar-refractivity contribution >= 4 is 0 Å².